The Hall–Kier alpha value is -4.11. The molecule has 3 aromatic carbocycles. The fraction of sp³-hybridized carbons (Fsp3) is 0.296. The van der Waals surface area contributed by atoms with E-state index in [9.17, 15) is 14.9 Å². The number of hydrogen-bond donors (Lipinski definition) is 1. The Balaban J connectivity index is 1.42. The van der Waals surface area contributed by atoms with E-state index in [1.807, 2.05) is 18.2 Å². The maximum absolute atomic E-state index is 13.2. The molecule has 0 saturated carbocycles. The zero-order valence-corrected chi connectivity index (χ0v) is 20.3. The second kappa shape index (κ2) is 11.5. The second-order valence-corrected chi connectivity index (χ2v) is 8.55. The first-order valence-corrected chi connectivity index (χ1v) is 11.7. The monoisotopic (exact) mass is 491 g/mol. The highest BCUT2D eigenvalue weighted by Gasteiger charge is 2.25. The molecular formula is C27H29N3O6. The molecule has 0 aliphatic carbocycles. The first kappa shape index (κ1) is 25.0. The lowest BCUT2D eigenvalue weighted by atomic mass is 10.0. The summed E-state index contributed by atoms with van der Waals surface area (Å²) in [4.78, 5) is 26.3. The highest BCUT2D eigenvalue weighted by molar-refractivity contribution is 5.98. The summed E-state index contributed by atoms with van der Waals surface area (Å²) in [6.45, 7) is 2.40. The zero-order valence-electron chi connectivity index (χ0n) is 20.3. The van der Waals surface area contributed by atoms with Crippen LogP contribution < -0.4 is 19.5 Å². The van der Waals surface area contributed by atoms with Crippen molar-refractivity contribution in [1.82, 2.24) is 10.2 Å². The van der Waals surface area contributed by atoms with E-state index in [0.29, 0.717) is 11.5 Å². The SMILES string of the molecule is COc1ccc(Oc2ccc([N+](=O)[O-])cc2C(=O)NC2CCN(Cc3ccccc3OC)CC2)cc1. The van der Waals surface area contributed by atoms with Gasteiger partial charge in [-0.2, -0.15) is 0 Å². The average Bonchev–Trinajstić information content (AvgIpc) is 2.90. The van der Waals surface area contributed by atoms with E-state index in [1.165, 1.54) is 18.2 Å². The van der Waals surface area contributed by atoms with Gasteiger partial charge in [0.05, 0.1) is 24.7 Å². The lowest BCUT2D eigenvalue weighted by Crippen LogP contribution is -2.44. The third-order valence-electron chi connectivity index (χ3n) is 6.22. The Morgan fingerprint density at radius 2 is 1.67 bits per heavy atom. The number of non-ortho nitro benzene ring substituents is 1. The molecule has 1 heterocycles. The number of likely N-dealkylation sites (tertiary alicyclic amines) is 1. The predicted molar refractivity (Wildman–Crippen MR) is 135 cm³/mol. The van der Waals surface area contributed by atoms with Crippen molar-refractivity contribution < 1.29 is 23.9 Å². The number of benzene rings is 3. The molecule has 3 aromatic rings. The largest absolute Gasteiger partial charge is 0.497 e. The normalized spacial score (nSPS) is 14.2. The third-order valence-corrected chi connectivity index (χ3v) is 6.22. The number of nitro groups is 1. The number of nitrogens with one attached hydrogen (secondary N) is 1. The number of carbonyl (C=O) groups excluding carboxylic acids is 1. The Morgan fingerprint density at radius 3 is 2.33 bits per heavy atom. The molecule has 0 unspecified atom stereocenters. The van der Waals surface area contributed by atoms with Crippen molar-refractivity contribution in [3.8, 4) is 23.0 Å². The van der Waals surface area contributed by atoms with Gasteiger partial charge in [-0.05, 0) is 49.2 Å². The number of piperidine rings is 1. The molecule has 1 saturated heterocycles. The lowest BCUT2D eigenvalue weighted by molar-refractivity contribution is -0.384. The number of nitrogens with zero attached hydrogens (tertiary/aromatic N) is 2. The van der Waals surface area contributed by atoms with E-state index in [0.717, 1.165) is 43.8 Å². The fourth-order valence-electron chi connectivity index (χ4n) is 4.24. The smallest absolute Gasteiger partial charge is 0.270 e. The van der Waals surface area contributed by atoms with Gasteiger partial charge >= 0.3 is 0 Å². The van der Waals surface area contributed by atoms with Crippen LogP contribution in [0.1, 0.15) is 28.8 Å². The zero-order chi connectivity index (χ0) is 25.5. The van der Waals surface area contributed by atoms with Gasteiger partial charge in [-0.3, -0.25) is 19.8 Å². The Labute approximate surface area is 209 Å². The summed E-state index contributed by atoms with van der Waals surface area (Å²) in [6.07, 6.45) is 1.54. The quantitative estimate of drug-likeness (QED) is 0.339. The molecule has 0 aromatic heterocycles. The maximum Gasteiger partial charge on any atom is 0.270 e. The van der Waals surface area contributed by atoms with Gasteiger partial charge in [-0.15, -0.1) is 0 Å². The van der Waals surface area contributed by atoms with Crippen LogP contribution in [-0.2, 0) is 6.54 Å². The summed E-state index contributed by atoms with van der Waals surface area (Å²) in [6, 6.07) is 18.8. The molecule has 1 fully saturated rings. The molecule has 1 amide bonds. The molecule has 1 N–H and O–H groups in total. The van der Waals surface area contributed by atoms with Crippen molar-refractivity contribution in [3.05, 3.63) is 88.0 Å². The van der Waals surface area contributed by atoms with Gasteiger partial charge < -0.3 is 19.5 Å². The van der Waals surface area contributed by atoms with Crippen LogP contribution in [0.2, 0.25) is 0 Å². The maximum atomic E-state index is 13.2. The second-order valence-electron chi connectivity index (χ2n) is 8.55. The number of ether oxygens (including phenoxy) is 3. The van der Waals surface area contributed by atoms with E-state index in [1.54, 1.807) is 38.5 Å². The summed E-state index contributed by atoms with van der Waals surface area (Å²) in [5, 5.41) is 14.4. The molecular weight excluding hydrogens is 462 g/mol. The Morgan fingerprint density at radius 1 is 0.972 bits per heavy atom. The first-order valence-electron chi connectivity index (χ1n) is 11.7. The van der Waals surface area contributed by atoms with Crippen LogP contribution in [0.25, 0.3) is 0 Å². The number of nitro benzene ring substituents is 1. The van der Waals surface area contributed by atoms with E-state index in [2.05, 4.69) is 16.3 Å². The van der Waals surface area contributed by atoms with Gasteiger partial charge in [0.1, 0.15) is 23.0 Å². The number of methoxy groups -OCH3 is 2. The van der Waals surface area contributed by atoms with Crippen molar-refractivity contribution in [2.75, 3.05) is 27.3 Å². The highest BCUT2D eigenvalue weighted by Crippen LogP contribution is 2.30. The van der Waals surface area contributed by atoms with Crippen molar-refractivity contribution in [1.29, 1.82) is 0 Å². The summed E-state index contributed by atoms with van der Waals surface area (Å²) in [5.41, 5.74) is 1.07. The molecule has 9 heteroatoms. The molecule has 0 atom stereocenters. The van der Waals surface area contributed by atoms with Crippen LogP contribution in [0.3, 0.4) is 0 Å². The topological polar surface area (TPSA) is 103 Å². The van der Waals surface area contributed by atoms with Crippen molar-refractivity contribution >= 4 is 11.6 Å². The van der Waals surface area contributed by atoms with E-state index >= 15 is 0 Å². The third kappa shape index (κ3) is 6.11. The van der Waals surface area contributed by atoms with E-state index in [-0.39, 0.29) is 23.0 Å². The summed E-state index contributed by atoms with van der Waals surface area (Å²) in [7, 11) is 3.23. The predicted octanol–water partition coefficient (Wildman–Crippen LogP) is 4.80. The van der Waals surface area contributed by atoms with Crippen LogP contribution in [0, 0.1) is 10.1 Å². The minimum absolute atomic E-state index is 0.0421. The molecule has 0 bridgehead atoms. The number of para-hydroxylation sites is 1. The molecule has 36 heavy (non-hydrogen) atoms. The molecule has 0 radical (unpaired) electrons. The van der Waals surface area contributed by atoms with Gasteiger partial charge in [0.25, 0.3) is 11.6 Å². The first-order chi connectivity index (χ1) is 17.5. The number of carbonyl (C=O) groups is 1. The van der Waals surface area contributed by atoms with Crippen molar-refractivity contribution in [3.63, 3.8) is 0 Å². The van der Waals surface area contributed by atoms with Crippen LogP contribution in [0.4, 0.5) is 5.69 Å². The van der Waals surface area contributed by atoms with Crippen LogP contribution in [0.15, 0.2) is 66.7 Å². The minimum Gasteiger partial charge on any atom is -0.497 e. The van der Waals surface area contributed by atoms with E-state index < -0.39 is 10.8 Å². The van der Waals surface area contributed by atoms with Crippen LogP contribution in [0.5, 0.6) is 23.0 Å². The Bertz CT molecular complexity index is 1210. The van der Waals surface area contributed by atoms with Gasteiger partial charge in [-0.25, -0.2) is 0 Å². The van der Waals surface area contributed by atoms with Gasteiger partial charge in [0.2, 0.25) is 0 Å². The molecule has 9 nitrogen and oxygen atoms in total. The highest BCUT2D eigenvalue weighted by atomic mass is 16.6. The van der Waals surface area contributed by atoms with Crippen molar-refractivity contribution in [2.24, 2.45) is 0 Å². The molecule has 1 aliphatic rings. The standard InChI is InChI=1S/C27H29N3O6/c1-34-22-8-10-23(11-9-22)36-26-12-7-21(30(32)33)17-24(26)27(31)28-20-13-15-29(16-14-20)18-19-5-3-4-6-25(19)35-2/h3-12,17,20H,13-16,18H2,1-2H3,(H,28,31). The molecule has 4 rings (SSSR count). The summed E-state index contributed by atoms with van der Waals surface area (Å²) in [5.74, 6) is 1.87. The van der Waals surface area contributed by atoms with Crippen LogP contribution >= 0.6 is 0 Å². The summed E-state index contributed by atoms with van der Waals surface area (Å²) < 4.78 is 16.5. The molecule has 188 valence electrons. The lowest BCUT2D eigenvalue weighted by Gasteiger charge is -2.32. The summed E-state index contributed by atoms with van der Waals surface area (Å²) >= 11 is 0. The van der Waals surface area contributed by atoms with Gasteiger partial charge in [0, 0.05) is 43.4 Å². The molecule has 0 spiro atoms. The number of amides is 1. The van der Waals surface area contributed by atoms with Crippen molar-refractivity contribution in [2.45, 2.75) is 25.4 Å². The Kier molecular flexibility index (Phi) is 8.02. The van der Waals surface area contributed by atoms with Crippen LogP contribution in [-0.4, -0.2) is 49.1 Å². The van der Waals surface area contributed by atoms with Gasteiger partial charge in [-0.1, -0.05) is 18.2 Å². The van der Waals surface area contributed by atoms with Gasteiger partial charge in [0.15, 0.2) is 0 Å². The van der Waals surface area contributed by atoms with E-state index in [4.69, 9.17) is 14.2 Å². The minimum atomic E-state index is -0.524. The average molecular weight is 492 g/mol. The fourth-order valence-corrected chi connectivity index (χ4v) is 4.24. The molecule has 1 aliphatic heterocycles. The number of hydrogen-bond acceptors (Lipinski definition) is 7. The number of rotatable bonds is 9.